The third kappa shape index (κ3) is 3.79. The van der Waals surface area contributed by atoms with Crippen molar-refractivity contribution in [3.63, 3.8) is 0 Å². The molecule has 0 radical (unpaired) electrons. The molecule has 1 unspecified atom stereocenters. The van der Waals surface area contributed by atoms with Crippen LogP contribution in [0.1, 0.15) is 13.8 Å². The molecule has 2 aromatic rings. The van der Waals surface area contributed by atoms with Gasteiger partial charge in [0, 0.05) is 52.4 Å². The van der Waals surface area contributed by atoms with Gasteiger partial charge in [0.1, 0.15) is 17.0 Å². The van der Waals surface area contributed by atoms with Gasteiger partial charge in [0.25, 0.3) is 0 Å². The number of thiophene rings is 1. The van der Waals surface area contributed by atoms with Crippen molar-refractivity contribution in [3.8, 4) is 0 Å². The average Bonchev–Trinajstić information content (AvgIpc) is 3.22. The van der Waals surface area contributed by atoms with Gasteiger partial charge in [0.15, 0.2) is 0 Å². The predicted octanol–water partition coefficient (Wildman–Crippen LogP) is 1.37. The molecule has 7 nitrogen and oxygen atoms in total. The molecule has 146 valence electrons. The largest absolute Gasteiger partial charge is 0.353 e. The first-order valence-electron chi connectivity index (χ1n) is 9.85. The van der Waals surface area contributed by atoms with Crippen molar-refractivity contribution in [1.82, 2.24) is 24.7 Å². The maximum absolute atomic E-state index is 12.9. The van der Waals surface area contributed by atoms with Gasteiger partial charge in [-0.1, -0.05) is 6.92 Å². The highest BCUT2D eigenvalue weighted by atomic mass is 32.1. The standard InChI is InChI=1S/C19H28N6OS/c1-3-22-5-7-25(8-6-22)19(26)15(2)23-9-11-24(12-10-23)17-16-4-13-27-18(16)21-14-20-17/h4,13-15H,3,5-12H2,1-2H3. The molecule has 0 aliphatic carbocycles. The first kappa shape index (κ1) is 18.6. The quantitative estimate of drug-likeness (QED) is 0.789. The number of piperazine rings is 2. The first-order valence-corrected chi connectivity index (χ1v) is 10.7. The molecule has 2 fully saturated rings. The van der Waals surface area contributed by atoms with Crippen LogP contribution in [0.25, 0.3) is 10.2 Å². The van der Waals surface area contributed by atoms with E-state index in [1.54, 1.807) is 17.7 Å². The summed E-state index contributed by atoms with van der Waals surface area (Å²) in [4.78, 5) is 31.9. The minimum absolute atomic E-state index is 0.0492. The number of hydrogen-bond acceptors (Lipinski definition) is 7. The Morgan fingerprint density at radius 2 is 1.85 bits per heavy atom. The summed E-state index contributed by atoms with van der Waals surface area (Å²) in [5, 5.41) is 3.20. The average molecular weight is 389 g/mol. The van der Waals surface area contributed by atoms with Crippen LogP contribution in [-0.2, 0) is 4.79 Å². The van der Waals surface area contributed by atoms with Gasteiger partial charge in [-0.15, -0.1) is 11.3 Å². The van der Waals surface area contributed by atoms with Crippen molar-refractivity contribution in [2.24, 2.45) is 0 Å². The van der Waals surface area contributed by atoms with E-state index in [1.807, 2.05) is 4.90 Å². The lowest BCUT2D eigenvalue weighted by atomic mass is 10.1. The van der Waals surface area contributed by atoms with Crippen LogP contribution < -0.4 is 4.90 Å². The zero-order chi connectivity index (χ0) is 18.8. The molecule has 2 aliphatic heterocycles. The van der Waals surface area contributed by atoms with Gasteiger partial charge >= 0.3 is 0 Å². The maximum Gasteiger partial charge on any atom is 0.239 e. The first-order chi connectivity index (χ1) is 13.2. The molecule has 27 heavy (non-hydrogen) atoms. The number of fused-ring (bicyclic) bond motifs is 1. The Balaban J connectivity index is 1.35. The minimum atomic E-state index is -0.0492. The summed E-state index contributed by atoms with van der Waals surface area (Å²) < 4.78 is 0. The summed E-state index contributed by atoms with van der Waals surface area (Å²) in [5.74, 6) is 1.30. The molecule has 1 atom stereocenters. The lowest BCUT2D eigenvalue weighted by Gasteiger charge is -2.41. The molecule has 0 N–H and O–H groups in total. The Kier molecular flexibility index (Phi) is 5.56. The summed E-state index contributed by atoms with van der Waals surface area (Å²) >= 11 is 1.65. The van der Waals surface area contributed by atoms with E-state index in [0.29, 0.717) is 0 Å². The highest BCUT2D eigenvalue weighted by Gasteiger charge is 2.30. The molecular weight excluding hydrogens is 360 g/mol. The normalized spacial score (nSPS) is 21.0. The zero-order valence-electron chi connectivity index (χ0n) is 16.2. The van der Waals surface area contributed by atoms with E-state index in [0.717, 1.165) is 74.9 Å². The summed E-state index contributed by atoms with van der Waals surface area (Å²) in [6.45, 7) is 12.6. The number of aromatic nitrogens is 2. The number of hydrogen-bond donors (Lipinski definition) is 0. The lowest BCUT2D eigenvalue weighted by molar-refractivity contribution is -0.138. The fourth-order valence-corrected chi connectivity index (χ4v) is 4.78. The van der Waals surface area contributed by atoms with E-state index in [9.17, 15) is 4.79 Å². The van der Waals surface area contributed by atoms with Crippen LogP contribution in [0.4, 0.5) is 5.82 Å². The monoisotopic (exact) mass is 388 g/mol. The molecule has 4 heterocycles. The van der Waals surface area contributed by atoms with Crippen molar-refractivity contribution in [2.75, 3.05) is 63.8 Å². The van der Waals surface area contributed by atoms with Crippen molar-refractivity contribution in [3.05, 3.63) is 17.8 Å². The Morgan fingerprint density at radius 3 is 2.56 bits per heavy atom. The van der Waals surface area contributed by atoms with E-state index in [2.05, 4.69) is 50.0 Å². The smallest absolute Gasteiger partial charge is 0.239 e. The van der Waals surface area contributed by atoms with Gasteiger partial charge in [-0.2, -0.15) is 0 Å². The van der Waals surface area contributed by atoms with Gasteiger partial charge in [-0.3, -0.25) is 9.69 Å². The van der Waals surface area contributed by atoms with Crippen LogP contribution in [0.5, 0.6) is 0 Å². The number of carbonyl (C=O) groups is 1. The molecule has 0 spiro atoms. The molecule has 1 amide bonds. The number of rotatable bonds is 4. The summed E-state index contributed by atoms with van der Waals surface area (Å²) in [5.41, 5.74) is 0. The number of anilines is 1. The second-order valence-electron chi connectivity index (χ2n) is 7.30. The Hall–Kier alpha value is -1.77. The van der Waals surface area contributed by atoms with Crippen LogP contribution >= 0.6 is 11.3 Å². The highest BCUT2D eigenvalue weighted by Crippen LogP contribution is 2.27. The predicted molar refractivity (Wildman–Crippen MR) is 109 cm³/mol. The van der Waals surface area contributed by atoms with Crippen LogP contribution in [0.15, 0.2) is 17.8 Å². The van der Waals surface area contributed by atoms with Crippen molar-refractivity contribution >= 4 is 33.3 Å². The molecule has 4 rings (SSSR count). The Morgan fingerprint density at radius 1 is 1.11 bits per heavy atom. The van der Waals surface area contributed by atoms with Crippen molar-refractivity contribution in [2.45, 2.75) is 19.9 Å². The number of nitrogens with zero attached hydrogens (tertiary/aromatic N) is 6. The number of amides is 1. The number of likely N-dealkylation sites (N-methyl/N-ethyl adjacent to an activating group) is 1. The SMILES string of the molecule is CCN1CCN(C(=O)C(C)N2CCN(c3ncnc4sccc34)CC2)CC1. The summed E-state index contributed by atoms with van der Waals surface area (Å²) in [7, 11) is 0. The minimum Gasteiger partial charge on any atom is -0.353 e. The summed E-state index contributed by atoms with van der Waals surface area (Å²) in [6, 6.07) is 2.05. The van der Waals surface area contributed by atoms with E-state index < -0.39 is 0 Å². The molecule has 0 saturated carbocycles. The van der Waals surface area contributed by atoms with Crippen molar-refractivity contribution in [1.29, 1.82) is 0 Å². The fourth-order valence-electron chi connectivity index (χ4n) is 4.05. The molecule has 2 aromatic heterocycles. The van der Waals surface area contributed by atoms with E-state index in [1.165, 1.54) is 0 Å². The van der Waals surface area contributed by atoms with Gasteiger partial charge in [-0.05, 0) is 24.9 Å². The maximum atomic E-state index is 12.9. The molecule has 0 aromatic carbocycles. The summed E-state index contributed by atoms with van der Waals surface area (Å²) in [6.07, 6.45) is 1.66. The van der Waals surface area contributed by atoms with Crippen molar-refractivity contribution < 1.29 is 4.79 Å². The Bertz CT molecular complexity index is 779. The fraction of sp³-hybridized carbons (Fsp3) is 0.632. The molecule has 8 heteroatoms. The van der Waals surface area contributed by atoms with Gasteiger partial charge in [0.2, 0.25) is 5.91 Å². The third-order valence-corrected chi connectivity index (χ3v) is 6.71. The molecule has 0 bridgehead atoms. The topological polar surface area (TPSA) is 55.8 Å². The number of carbonyl (C=O) groups excluding carboxylic acids is 1. The second-order valence-corrected chi connectivity index (χ2v) is 8.19. The molecular formula is C19H28N6OS. The third-order valence-electron chi connectivity index (χ3n) is 5.89. The van der Waals surface area contributed by atoms with Crippen LogP contribution in [0.2, 0.25) is 0 Å². The molecule has 2 saturated heterocycles. The van der Waals surface area contributed by atoms with Gasteiger partial charge in [-0.25, -0.2) is 9.97 Å². The van der Waals surface area contributed by atoms with E-state index >= 15 is 0 Å². The van der Waals surface area contributed by atoms with E-state index in [4.69, 9.17) is 0 Å². The Labute approximate surface area is 164 Å². The lowest BCUT2D eigenvalue weighted by Crippen LogP contribution is -2.57. The molecule has 2 aliphatic rings. The van der Waals surface area contributed by atoms with Crippen LogP contribution in [-0.4, -0.2) is 95.5 Å². The second kappa shape index (κ2) is 8.08. The zero-order valence-corrected chi connectivity index (χ0v) is 17.0. The van der Waals surface area contributed by atoms with Gasteiger partial charge < -0.3 is 14.7 Å². The van der Waals surface area contributed by atoms with E-state index in [-0.39, 0.29) is 11.9 Å². The van der Waals surface area contributed by atoms with Crippen LogP contribution in [0, 0.1) is 0 Å². The highest BCUT2D eigenvalue weighted by molar-refractivity contribution is 7.16. The van der Waals surface area contributed by atoms with Crippen LogP contribution in [0.3, 0.4) is 0 Å². The van der Waals surface area contributed by atoms with Gasteiger partial charge in [0.05, 0.1) is 11.4 Å².